The molecular weight excluding hydrogens is 387 g/mol. The van der Waals surface area contributed by atoms with E-state index in [-0.39, 0.29) is 11.9 Å². The first-order valence-electron chi connectivity index (χ1n) is 9.02. The predicted octanol–water partition coefficient (Wildman–Crippen LogP) is 3.10. The Balaban J connectivity index is 0.000000370. The number of alkyl halides is 3. The summed E-state index contributed by atoms with van der Waals surface area (Å²) in [5, 5.41) is 10.1. The Kier molecular flexibility index (Phi) is 7.72. The Hall–Kier alpha value is -2.94. The van der Waals surface area contributed by atoms with Gasteiger partial charge in [-0.3, -0.25) is 9.78 Å². The van der Waals surface area contributed by atoms with Gasteiger partial charge in [0.2, 0.25) is 5.91 Å². The van der Waals surface area contributed by atoms with Crippen molar-refractivity contribution in [2.45, 2.75) is 44.3 Å². The van der Waals surface area contributed by atoms with Crippen molar-refractivity contribution in [1.82, 2.24) is 4.98 Å². The average Bonchev–Trinajstić information content (AvgIpc) is 2.66. The maximum atomic E-state index is 12.1. The minimum Gasteiger partial charge on any atom is -0.475 e. The zero-order valence-electron chi connectivity index (χ0n) is 15.6. The van der Waals surface area contributed by atoms with Crippen molar-refractivity contribution in [3.8, 4) is 0 Å². The van der Waals surface area contributed by atoms with E-state index in [0.29, 0.717) is 6.42 Å². The first kappa shape index (κ1) is 22.4. The van der Waals surface area contributed by atoms with Gasteiger partial charge in [0.15, 0.2) is 0 Å². The number of nitrogens with one attached hydrogen (secondary N) is 1. The molecule has 29 heavy (non-hydrogen) atoms. The van der Waals surface area contributed by atoms with Crippen LogP contribution in [0.25, 0.3) is 0 Å². The zero-order chi connectivity index (χ0) is 21.4. The van der Waals surface area contributed by atoms with Gasteiger partial charge >= 0.3 is 12.1 Å². The van der Waals surface area contributed by atoms with Crippen LogP contribution in [0.1, 0.15) is 29.7 Å². The number of anilines is 1. The second kappa shape index (κ2) is 10.0. The number of rotatable bonds is 4. The van der Waals surface area contributed by atoms with Crippen molar-refractivity contribution in [3.63, 3.8) is 0 Å². The van der Waals surface area contributed by atoms with E-state index in [0.717, 1.165) is 37.1 Å². The van der Waals surface area contributed by atoms with Crippen molar-refractivity contribution in [3.05, 3.63) is 59.4 Å². The summed E-state index contributed by atoms with van der Waals surface area (Å²) in [6, 6.07) is 12.3. The Morgan fingerprint density at radius 2 is 1.90 bits per heavy atom. The van der Waals surface area contributed by atoms with E-state index in [4.69, 9.17) is 15.6 Å². The van der Waals surface area contributed by atoms with Crippen molar-refractivity contribution in [2.24, 2.45) is 5.73 Å². The summed E-state index contributed by atoms with van der Waals surface area (Å²) in [7, 11) is 0. The molecular formula is C20H22F3N3O3. The minimum absolute atomic E-state index is 0.0192. The molecule has 1 aliphatic rings. The number of carbonyl (C=O) groups excluding carboxylic acids is 1. The monoisotopic (exact) mass is 409 g/mol. The highest BCUT2D eigenvalue weighted by Gasteiger charge is 2.38. The van der Waals surface area contributed by atoms with Crippen LogP contribution >= 0.6 is 0 Å². The normalized spacial score (nSPS) is 15.5. The first-order chi connectivity index (χ1) is 13.6. The number of halogens is 3. The number of aliphatic carboxylic acids is 1. The van der Waals surface area contributed by atoms with Gasteiger partial charge in [0.1, 0.15) is 0 Å². The molecule has 0 bridgehead atoms. The number of aryl methyl sites for hydroxylation is 2. The molecule has 1 unspecified atom stereocenters. The number of carboxylic acid groups (broad SMARTS) is 1. The third-order valence-electron chi connectivity index (χ3n) is 4.30. The fourth-order valence-corrected chi connectivity index (χ4v) is 2.84. The number of hydrogen-bond acceptors (Lipinski definition) is 4. The number of fused-ring (bicyclic) bond motifs is 1. The van der Waals surface area contributed by atoms with Gasteiger partial charge in [0.25, 0.3) is 0 Å². The molecule has 2 aromatic rings. The number of amides is 1. The Morgan fingerprint density at radius 3 is 2.52 bits per heavy atom. The van der Waals surface area contributed by atoms with Gasteiger partial charge in [-0.15, -0.1) is 0 Å². The van der Waals surface area contributed by atoms with Crippen molar-refractivity contribution in [1.29, 1.82) is 0 Å². The van der Waals surface area contributed by atoms with Crippen LogP contribution in [0, 0.1) is 0 Å². The van der Waals surface area contributed by atoms with Crippen molar-refractivity contribution >= 4 is 17.6 Å². The molecule has 1 atom stereocenters. The molecule has 0 fully saturated rings. The van der Waals surface area contributed by atoms with Gasteiger partial charge in [-0.05, 0) is 42.9 Å². The first-order valence-corrected chi connectivity index (χ1v) is 9.02. The smallest absolute Gasteiger partial charge is 0.475 e. The Labute approximate surface area is 165 Å². The van der Waals surface area contributed by atoms with E-state index in [2.05, 4.69) is 10.3 Å². The van der Waals surface area contributed by atoms with E-state index in [1.807, 2.05) is 36.4 Å². The third-order valence-corrected chi connectivity index (χ3v) is 4.30. The highest BCUT2D eigenvalue weighted by atomic mass is 19.4. The molecule has 6 nitrogen and oxygen atoms in total. The van der Waals surface area contributed by atoms with E-state index in [1.54, 1.807) is 6.20 Å². The molecule has 1 aliphatic carbocycles. The number of nitrogens with two attached hydrogens (primary N) is 1. The largest absolute Gasteiger partial charge is 0.490 e. The topological polar surface area (TPSA) is 105 Å². The molecule has 1 aromatic carbocycles. The summed E-state index contributed by atoms with van der Waals surface area (Å²) in [6.07, 6.45) is 0.643. The zero-order valence-corrected chi connectivity index (χ0v) is 15.6. The summed E-state index contributed by atoms with van der Waals surface area (Å²) < 4.78 is 31.7. The SMILES string of the molecule is NC1CCc2ncc(NC(=O)CCc3ccccc3)cc2C1.O=C(O)C(F)(F)F. The minimum atomic E-state index is -5.08. The van der Waals surface area contributed by atoms with Gasteiger partial charge < -0.3 is 16.2 Å². The van der Waals surface area contributed by atoms with Gasteiger partial charge in [0.05, 0.1) is 11.9 Å². The summed E-state index contributed by atoms with van der Waals surface area (Å²) >= 11 is 0. The predicted molar refractivity (Wildman–Crippen MR) is 101 cm³/mol. The number of carboxylic acids is 1. The van der Waals surface area contributed by atoms with Crippen LogP contribution in [0.3, 0.4) is 0 Å². The number of benzene rings is 1. The van der Waals surface area contributed by atoms with E-state index >= 15 is 0 Å². The van der Waals surface area contributed by atoms with E-state index in [1.165, 1.54) is 11.1 Å². The van der Waals surface area contributed by atoms with Crippen LogP contribution in [0.2, 0.25) is 0 Å². The summed E-state index contributed by atoms with van der Waals surface area (Å²) in [4.78, 5) is 25.4. The average molecular weight is 409 g/mol. The molecule has 0 saturated heterocycles. The maximum Gasteiger partial charge on any atom is 0.490 e. The molecule has 4 N–H and O–H groups in total. The summed E-state index contributed by atoms with van der Waals surface area (Å²) in [5.41, 5.74) is 10.2. The second-order valence-electron chi connectivity index (χ2n) is 6.67. The van der Waals surface area contributed by atoms with Crippen LogP contribution in [0.15, 0.2) is 42.6 Å². The van der Waals surface area contributed by atoms with Gasteiger partial charge in [-0.25, -0.2) is 4.79 Å². The van der Waals surface area contributed by atoms with Crippen LogP contribution < -0.4 is 11.1 Å². The molecule has 1 heterocycles. The fraction of sp³-hybridized carbons (Fsp3) is 0.350. The van der Waals surface area contributed by atoms with Gasteiger partial charge in [-0.2, -0.15) is 13.2 Å². The standard InChI is InChI=1S/C18H21N3O.C2HF3O2/c19-15-7-8-17-14(10-15)11-16(12-20-17)21-18(22)9-6-13-4-2-1-3-5-13;3-2(4,5)1(6)7/h1-5,11-12,15H,6-10,19H2,(H,21,22);(H,6,7). The molecule has 0 spiro atoms. The number of nitrogens with zero attached hydrogens (tertiary/aromatic N) is 1. The van der Waals surface area contributed by atoms with Crippen LogP contribution in [0.5, 0.6) is 0 Å². The number of carbonyl (C=O) groups is 2. The number of aromatic nitrogens is 1. The number of pyridine rings is 1. The van der Waals surface area contributed by atoms with Crippen molar-refractivity contribution < 1.29 is 27.9 Å². The van der Waals surface area contributed by atoms with Crippen LogP contribution in [-0.4, -0.2) is 34.2 Å². The van der Waals surface area contributed by atoms with Gasteiger partial charge in [0, 0.05) is 18.2 Å². The lowest BCUT2D eigenvalue weighted by molar-refractivity contribution is -0.192. The molecule has 0 radical (unpaired) electrons. The van der Waals surface area contributed by atoms with E-state index < -0.39 is 12.1 Å². The molecule has 9 heteroatoms. The lowest BCUT2D eigenvalue weighted by Crippen LogP contribution is -2.28. The Morgan fingerprint density at radius 1 is 1.24 bits per heavy atom. The second-order valence-corrected chi connectivity index (χ2v) is 6.67. The molecule has 156 valence electrons. The molecule has 3 rings (SSSR count). The van der Waals surface area contributed by atoms with Crippen LogP contribution in [0.4, 0.5) is 18.9 Å². The lowest BCUT2D eigenvalue weighted by atomic mass is 9.92. The third kappa shape index (κ3) is 7.53. The highest BCUT2D eigenvalue weighted by Crippen LogP contribution is 2.21. The number of hydrogen-bond donors (Lipinski definition) is 3. The molecule has 0 saturated carbocycles. The maximum absolute atomic E-state index is 12.1. The fourth-order valence-electron chi connectivity index (χ4n) is 2.84. The van der Waals surface area contributed by atoms with Crippen molar-refractivity contribution in [2.75, 3.05) is 5.32 Å². The summed E-state index contributed by atoms with van der Waals surface area (Å²) in [6.45, 7) is 0. The van der Waals surface area contributed by atoms with Gasteiger partial charge in [-0.1, -0.05) is 30.3 Å². The van der Waals surface area contributed by atoms with E-state index in [9.17, 15) is 18.0 Å². The molecule has 1 aromatic heterocycles. The summed E-state index contributed by atoms with van der Waals surface area (Å²) in [5.74, 6) is -2.74. The lowest BCUT2D eigenvalue weighted by Gasteiger charge is -2.21. The Bertz CT molecular complexity index is 842. The molecule has 0 aliphatic heterocycles. The quantitative estimate of drug-likeness (QED) is 0.720. The highest BCUT2D eigenvalue weighted by molar-refractivity contribution is 5.90. The van der Waals surface area contributed by atoms with Crippen LogP contribution in [-0.2, 0) is 28.9 Å². The molecule has 1 amide bonds.